The number of hydrogen-bond acceptors (Lipinski definition) is 3. The van der Waals surface area contributed by atoms with Gasteiger partial charge >= 0.3 is 6.03 Å². The van der Waals surface area contributed by atoms with E-state index in [1.807, 2.05) is 7.05 Å². The molecule has 0 aliphatic carbocycles. The van der Waals surface area contributed by atoms with Gasteiger partial charge in [0, 0.05) is 31.3 Å². The minimum atomic E-state index is -0.687. The third-order valence-corrected chi connectivity index (χ3v) is 5.29. The van der Waals surface area contributed by atoms with E-state index in [9.17, 15) is 18.0 Å². The lowest BCUT2D eigenvalue weighted by Gasteiger charge is -2.26. The molecule has 1 fully saturated rings. The summed E-state index contributed by atoms with van der Waals surface area (Å²) in [7, 11) is 3.40. The molecule has 2 aromatic rings. The summed E-state index contributed by atoms with van der Waals surface area (Å²) >= 11 is 0. The number of halogens is 3. The van der Waals surface area contributed by atoms with Crippen molar-refractivity contribution in [1.82, 2.24) is 15.1 Å². The first kappa shape index (κ1) is 22.0. The van der Waals surface area contributed by atoms with Crippen molar-refractivity contribution in [1.29, 1.82) is 0 Å². The molecular formula is C22H26F3N3O2. The molecule has 0 radical (unpaired) electrons. The summed E-state index contributed by atoms with van der Waals surface area (Å²) in [5.74, 6) is -1.46. The van der Waals surface area contributed by atoms with Crippen LogP contribution in [0.2, 0.25) is 0 Å². The molecule has 8 heteroatoms. The van der Waals surface area contributed by atoms with E-state index >= 15 is 0 Å². The molecule has 2 aromatic carbocycles. The molecule has 0 spiro atoms. The van der Waals surface area contributed by atoms with Crippen LogP contribution >= 0.6 is 0 Å². The molecule has 1 saturated heterocycles. The molecule has 5 nitrogen and oxygen atoms in total. The van der Waals surface area contributed by atoms with Crippen LogP contribution in [0.3, 0.4) is 0 Å². The number of amides is 2. The maximum absolute atomic E-state index is 14.2. The molecule has 30 heavy (non-hydrogen) atoms. The number of ether oxygens (including phenoxy) is 1. The largest absolute Gasteiger partial charge is 0.494 e. The van der Waals surface area contributed by atoms with Gasteiger partial charge in [-0.15, -0.1) is 0 Å². The monoisotopic (exact) mass is 421 g/mol. The summed E-state index contributed by atoms with van der Waals surface area (Å²) in [5, 5.41) is 2.77. The highest BCUT2D eigenvalue weighted by molar-refractivity contribution is 5.74. The van der Waals surface area contributed by atoms with Crippen molar-refractivity contribution in [2.75, 3.05) is 33.8 Å². The first-order valence-electron chi connectivity index (χ1n) is 9.83. The SMILES string of the molecule is COc1ccc(CNC(=O)N(Cc2ccc(F)cc2F)CC2CCN(C)C2)cc1F. The number of likely N-dealkylation sites (tertiary alicyclic amines) is 1. The summed E-state index contributed by atoms with van der Waals surface area (Å²) in [6.07, 6.45) is 0.940. The van der Waals surface area contributed by atoms with Crippen molar-refractivity contribution in [2.24, 2.45) is 5.92 Å². The molecule has 0 bridgehead atoms. The first-order chi connectivity index (χ1) is 14.4. The van der Waals surface area contributed by atoms with Crippen molar-refractivity contribution < 1.29 is 22.7 Å². The van der Waals surface area contributed by atoms with Crippen molar-refractivity contribution in [2.45, 2.75) is 19.5 Å². The van der Waals surface area contributed by atoms with Crippen LogP contribution in [0.15, 0.2) is 36.4 Å². The van der Waals surface area contributed by atoms with Crippen LogP contribution < -0.4 is 10.1 Å². The molecule has 0 aromatic heterocycles. The number of carbonyl (C=O) groups excluding carboxylic acids is 1. The quantitative estimate of drug-likeness (QED) is 0.740. The molecule has 162 valence electrons. The van der Waals surface area contributed by atoms with E-state index in [0.717, 1.165) is 25.6 Å². The first-order valence-corrected chi connectivity index (χ1v) is 9.83. The minimum absolute atomic E-state index is 0.0230. The molecule has 1 aliphatic rings. The predicted octanol–water partition coefficient (Wildman–Crippen LogP) is 3.78. The molecule has 1 N–H and O–H groups in total. The fraction of sp³-hybridized carbons (Fsp3) is 0.409. The van der Waals surface area contributed by atoms with Crippen molar-refractivity contribution >= 4 is 6.03 Å². The molecule has 1 heterocycles. The Hall–Kier alpha value is -2.74. The predicted molar refractivity (Wildman–Crippen MR) is 108 cm³/mol. The summed E-state index contributed by atoms with van der Waals surface area (Å²) in [6.45, 7) is 2.38. The number of methoxy groups -OCH3 is 1. The maximum atomic E-state index is 14.2. The van der Waals surface area contributed by atoms with Crippen LogP contribution in [-0.4, -0.2) is 49.6 Å². The highest BCUT2D eigenvalue weighted by Crippen LogP contribution is 2.20. The highest BCUT2D eigenvalue weighted by atomic mass is 19.1. The fourth-order valence-electron chi connectivity index (χ4n) is 3.67. The average Bonchev–Trinajstić information content (AvgIpc) is 3.12. The topological polar surface area (TPSA) is 44.8 Å². The lowest BCUT2D eigenvalue weighted by atomic mass is 10.1. The third-order valence-electron chi connectivity index (χ3n) is 5.29. The Morgan fingerprint density at radius 1 is 1.20 bits per heavy atom. The number of urea groups is 1. The molecule has 1 unspecified atom stereocenters. The third kappa shape index (κ3) is 5.66. The van der Waals surface area contributed by atoms with E-state index < -0.39 is 17.5 Å². The van der Waals surface area contributed by atoms with Crippen molar-refractivity contribution in [3.05, 3.63) is 65.0 Å². The van der Waals surface area contributed by atoms with Crippen molar-refractivity contribution in [3.63, 3.8) is 0 Å². The number of carbonyl (C=O) groups is 1. The number of nitrogens with one attached hydrogen (secondary N) is 1. The molecule has 2 amide bonds. The normalized spacial score (nSPS) is 16.5. The molecule has 0 saturated carbocycles. The highest BCUT2D eigenvalue weighted by Gasteiger charge is 2.25. The molecule has 3 rings (SSSR count). The van der Waals surface area contributed by atoms with Crippen LogP contribution in [0.4, 0.5) is 18.0 Å². The van der Waals surface area contributed by atoms with E-state index in [0.29, 0.717) is 12.1 Å². The van der Waals surface area contributed by atoms with Crippen LogP contribution in [0.5, 0.6) is 5.75 Å². The Morgan fingerprint density at radius 3 is 2.63 bits per heavy atom. The summed E-state index contributed by atoms with van der Waals surface area (Å²) in [6, 6.07) is 7.42. The van der Waals surface area contributed by atoms with Gasteiger partial charge < -0.3 is 19.9 Å². The van der Waals surface area contributed by atoms with Gasteiger partial charge in [0.1, 0.15) is 11.6 Å². The second-order valence-corrected chi connectivity index (χ2v) is 7.66. The van der Waals surface area contributed by atoms with Gasteiger partial charge in [0.15, 0.2) is 11.6 Å². The maximum Gasteiger partial charge on any atom is 0.317 e. The zero-order valence-electron chi connectivity index (χ0n) is 17.1. The summed E-state index contributed by atoms with van der Waals surface area (Å²) < 4.78 is 46.2. The number of nitrogens with zero attached hydrogens (tertiary/aromatic N) is 2. The number of rotatable bonds is 7. The van der Waals surface area contributed by atoms with Gasteiger partial charge in [-0.25, -0.2) is 18.0 Å². The smallest absolute Gasteiger partial charge is 0.317 e. The second-order valence-electron chi connectivity index (χ2n) is 7.66. The van der Waals surface area contributed by atoms with Crippen LogP contribution in [0.25, 0.3) is 0 Å². The molecule has 1 atom stereocenters. The standard InChI is InChI=1S/C22H26F3N3O2/c1-27-8-7-16(12-27)13-28(14-17-4-5-18(23)10-19(17)24)22(29)26-11-15-3-6-21(30-2)20(25)9-15/h3-6,9-10,16H,7-8,11-14H2,1-2H3,(H,26,29). The molecule has 1 aliphatic heterocycles. The number of benzene rings is 2. The number of hydrogen-bond donors (Lipinski definition) is 1. The Labute approximate surface area is 174 Å². The fourth-order valence-corrected chi connectivity index (χ4v) is 3.67. The van der Waals surface area contributed by atoms with E-state index in [1.165, 1.54) is 36.3 Å². The van der Waals surface area contributed by atoms with E-state index in [4.69, 9.17) is 4.74 Å². The van der Waals surface area contributed by atoms with Gasteiger partial charge in [0.25, 0.3) is 0 Å². The lowest BCUT2D eigenvalue weighted by molar-refractivity contribution is 0.183. The molecular weight excluding hydrogens is 395 g/mol. The zero-order chi connectivity index (χ0) is 21.7. The van der Waals surface area contributed by atoms with Crippen LogP contribution in [-0.2, 0) is 13.1 Å². The van der Waals surface area contributed by atoms with Gasteiger partial charge in [-0.1, -0.05) is 12.1 Å². The van der Waals surface area contributed by atoms with E-state index in [2.05, 4.69) is 10.2 Å². The van der Waals surface area contributed by atoms with E-state index in [-0.39, 0.29) is 36.4 Å². The Bertz CT molecular complexity index is 894. The summed E-state index contributed by atoms with van der Waals surface area (Å²) in [4.78, 5) is 16.6. The lowest BCUT2D eigenvalue weighted by Crippen LogP contribution is -2.42. The minimum Gasteiger partial charge on any atom is -0.494 e. The Morgan fingerprint density at radius 2 is 2.00 bits per heavy atom. The average molecular weight is 421 g/mol. The van der Waals surface area contributed by atoms with Gasteiger partial charge in [0.2, 0.25) is 0 Å². The summed E-state index contributed by atoms with van der Waals surface area (Å²) in [5.41, 5.74) is 0.823. The Kier molecular flexibility index (Phi) is 7.20. The van der Waals surface area contributed by atoms with Crippen molar-refractivity contribution in [3.8, 4) is 5.75 Å². The van der Waals surface area contributed by atoms with Gasteiger partial charge in [-0.3, -0.25) is 0 Å². The second kappa shape index (κ2) is 9.84. The van der Waals surface area contributed by atoms with Crippen LogP contribution in [0.1, 0.15) is 17.5 Å². The van der Waals surface area contributed by atoms with E-state index in [1.54, 1.807) is 6.07 Å². The van der Waals surface area contributed by atoms with Gasteiger partial charge in [-0.05, 0) is 49.7 Å². The van der Waals surface area contributed by atoms with Gasteiger partial charge in [0.05, 0.1) is 13.7 Å². The van der Waals surface area contributed by atoms with Gasteiger partial charge in [-0.2, -0.15) is 0 Å². The zero-order valence-corrected chi connectivity index (χ0v) is 17.1. The Balaban J connectivity index is 1.69. The van der Waals surface area contributed by atoms with Crippen LogP contribution in [0, 0.1) is 23.4 Å².